The maximum atomic E-state index is 6.45. The Bertz CT molecular complexity index is 2080. The van der Waals surface area contributed by atoms with Crippen LogP contribution < -0.4 is 5.46 Å². The Balaban J connectivity index is 1.45. The lowest BCUT2D eigenvalue weighted by molar-refractivity contribution is 0.00578. The van der Waals surface area contributed by atoms with Crippen LogP contribution in [0.2, 0.25) is 0 Å². The van der Waals surface area contributed by atoms with Gasteiger partial charge >= 0.3 is 7.12 Å². The molecule has 0 N–H and O–H groups in total. The van der Waals surface area contributed by atoms with Crippen LogP contribution >= 0.6 is 0 Å². The molecule has 3 nitrogen and oxygen atoms in total. The van der Waals surface area contributed by atoms with Gasteiger partial charge in [0.15, 0.2) is 0 Å². The first-order valence-electron chi connectivity index (χ1n) is 13.3. The summed E-state index contributed by atoms with van der Waals surface area (Å²) in [5.41, 5.74) is 2.00. The Labute approximate surface area is 221 Å². The second kappa shape index (κ2) is 7.38. The average molecular weight is 494 g/mol. The van der Waals surface area contributed by atoms with Gasteiger partial charge in [-0.15, -0.1) is 0 Å². The lowest BCUT2D eigenvalue weighted by Crippen LogP contribution is -2.41. The second-order valence-corrected chi connectivity index (χ2v) is 11.6. The molecular weight excluding hydrogens is 467 g/mol. The van der Waals surface area contributed by atoms with E-state index in [1.807, 2.05) is 6.07 Å². The monoisotopic (exact) mass is 494 g/mol. The molecule has 38 heavy (non-hydrogen) atoms. The van der Waals surface area contributed by atoms with Crippen molar-refractivity contribution in [1.29, 1.82) is 0 Å². The Morgan fingerprint density at radius 3 is 1.92 bits per heavy atom. The van der Waals surface area contributed by atoms with E-state index in [9.17, 15) is 0 Å². The van der Waals surface area contributed by atoms with Crippen LogP contribution in [-0.4, -0.2) is 18.3 Å². The van der Waals surface area contributed by atoms with E-state index in [1.165, 1.54) is 43.1 Å². The minimum absolute atomic E-state index is 0.385. The second-order valence-electron chi connectivity index (χ2n) is 11.6. The number of hydrogen-bond donors (Lipinski definition) is 0. The summed E-state index contributed by atoms with van der Waals surface area (Å²) in [5.74, 6) is 0. The first kappa shape index (κ1) is 22.2. The molecule has 0 amide bonds. The molecule has 1 aromatic heterocycles. The first-order chi connectivity index (χ1) is 18.3. The Kier molecular flexibility index (Phi) is 4.30. The topological polar surface area (TPSA) is 31.6 Å². The SMILES string of the molecule is CC1(C)OB(c2ccc3oc4cc5c(cc4c3c2)c2ccccc2c2ccc3ccccc3c25)OC1(C)C. The van der Waals surface area contributed by atoms with Crippen LogP contribution in [0.4, 0.5) is 0 Å². The summed E-state index contributed by atoms with van der Waals surface area (Å²) in [6.45, 7) is 8.35. The zero-order valence-corrected chi connectivity index (χ0v) is 22.0. The van der Waals surface area contributed by atoms with E-state index in [-0.39, 0.29) is 11.2 Å². The van der Waals surface area contributed by atoms with Crippen molar-refractivity contribution < 1.29 is 13.7 Å². The van der Waals surface area contributed by atoms with Gasteiger partial charge in [0.2, 0.25) is 0 Å². The van der Waals surface area contributed by atoms with Crippen molar-refractivity contribution in [1.82, 2.24) is 0 Å². The fraction of sp³-hybridized carbons (Fsp3) is 0.176. The van der Waals surface area contributed by atoms with E-state index in [0.717, 1.165) is 27.4 Å². The molecule has 0 bridgehead atoms. The number of benzene rings is 6. The fourth-order valence-corrected chi connectivity index (χ4v) is 6.13. The first-order valence-corrected chi connectivity index (χ1v) is 13.3. The van der Waals surface area contributed by atoms with Gasteiger partial charge in [0, 0.05) is 10.8 Å². The summed E-state index contributed by atoms with van der Waals surface area (Å²) >= 11 is 0. The van der Waals surface area contributed by atoms with Crippen molar-refractivity contribution in [3.8, 4) is 0 Å². The van der Waals surface area contributed by atoms with Gasteiger partial charge in [0.05, 0.1) is 11.2 Å². The Morgan fingerprint density at radius 1 is 0.500 bits per heavy atom. The van der Waals surface area contributed by atoms with Gasteiger partial charge in [-0.05, 0) is 94.4 Å². The van der Waals surface area contributed by atoms with Crippen LogP contribution in [0, 0.1) is 0 Å². The molecule has 7 aromatic rings. The molecule has 184 valence electrons. The molecule has 1 fully saturated rings. The number of rotatable bonds is 1. The third-order valence-electron chi connectivity index (χ3n) is 8.86. The van der Waals surface area contributed by atoms with E-state index in [4.69, 9.17) is 13.7 Å². The van der Waals surface area contributed by atoms with Crippen molar-refractivity contribution in [3.05, 3.63) is 91.0 Å². The predicted octanol–water partition coefficient (Wildman–Crippen LogP) is 8.50. The molecule has 0 unspecified atom stereocenters. The third-order valence-corrected chi connectivity index (χ3v) is 8.86. The molecular formula is C34H27BO3. The third kappa shape index (κ3) is 2.93. The number of fused-ring (bicyclic) bond motifs is 11. The molecule has 0 aliphatic carbocycles. The molecule has 6 aromatic carbocycles. The summed E-state index contributed by atoms with van der Waals surface area (Å²) < 4.78 is 19.2. The Morgan fingerprint density at radius 2 is 1.16 bits per heavy atom. The van der Waals surface area contributed by atoms with Gasteiger partial charge in [0.1, 0.15) is 11.2 Å². The van der Waals surface area contributed by atoms with Crippen LogP contribution in [-0.2, 0) is 9.31 Å². The quantitative estimate of drug-likeness (QED) is 0.169. The van der Waals surface area contributed by atoms with Crippen molar-refractivity contribution >= 4 is 77.6 Å². The zero-order chi connectivity index (χ0) is 25.8. The van der Waals surface area contributed by atoms with Crippen LogP contribution in [0.3, 0.4) is 0 Å². The highest BCUT2D eigenvalue weighted by Crippen LogP contribution is 2.42. The molecule has 1 aliphatic rings. The lowest BCUT2D eigenvalue weighted by Gasteiger charge is -2.32. The van der Waals surface area contributed by atoms with Gasteiger partial charge in [0.25, 0.3) is 0 Å². The summed E-state index contributed by atoms with van der Waals surface area (Å²) in [5, 5.41) is 12.2. The highest BCUT2D eigenvalue weighted by molar-refractivity contribution is 6.62. The molecule has 0 spiro atoms. The van der Waals surface area contributed by atoms with Gasteiger partial charge in [-0.25, -0.2) is 0 Å². The van der Waals surface area contributed by atoms with Gasteiger partial charge < -0.3 is 13.7 Å². The molecule has 1 saturated heterocycles. The van der Waals surface area contributed by atoms with Crippen molar-refractivity contribution in [2.75, 3.05) is 0 Å². The summed E-state index contributed by atoms with van der Waals surface area (Å²) in [6.07, 6.45) is 0. The lowest BCUT2D eigenvalue weighted by atomic mass is 9.78. The van der Waals surface area contributed by atoms with E-state index in [2.05, 4.69) is 113 Å². The number of hydrogen-bond acceptors (Lipinski definition) is 3. The van der Waals surface area contributed by atoms with Crippen molar-refractivity contribution in [3.63, 3.8) is 0 Å². The molecule has 0 radical (unpaired) electrons. The molecule has 0 saturated carbocycles. The van der Waals surface area contributed by atoms with Crippen LogP contribution in [0.15, 0.2) is 95.4 Å². The standard InChI is InChI=1S/C34H27BO3/c1-33(2)34(3,4)38-35(37-33)21-14-16-30-27(17-21)28-18-26-24-12-8-7-11-23(24)25-15-13-20-9-5-6-10-22(20)32(25)29(26)19-31(28)36-30/h5-19H,1-4H3. The number of furan rings is 1. The maximum absolute atomic E-state index is 6.45. The minimum atomic E-state index is -0.411. The maximum Gasteiger partial charge on any atom is 0.494 e. The van der Waals surface area contributed by atoms with Crippen LogP contribution in [0.1, 0.15) is 27.7 Å². The van der Waals surface area contributed by atoms with E-state index >= 15 is 0 Å². The molecule has 1 aliphatic heterocycles. The fourth-order valence-electron chi connectivity index (χ4n) is 6.13. The summed E-state index contributed by atoms with van der Waals surface area (Å²) in [7, 11) is -0.411. The van der Waals surface area contributed by atoms with Crippen molar-refractivity contribution in [2.45, 2.75) is 38.9 Å². The Hall–Kier alpha value is -3.86. The normalized spacial score (nSPS) is 17.1. The molecule has 0 atom stereocenters. The molecule has 2 heterocycles. The van der Waals surface area contributed by atoms with Crippen LogP contribution in [0.25, 0.3) is 65.0 Å². The van der Waals surface area contributed by atoms with Gasteiger partial charge in [-0.3, -0.25) is 0 Å². The van der Waals surface area contributed by atoms with Gasteiger partial charge in [-0.1, -0.05) is 72.8 Å². The van der Waals surface area contributed by atoms with E-state index < -0.39 is 7.12 Å². The molecule has 4 heteroatoms. The van der Waals surface area contributed by atoms with Crippen molar-refractivity contribution in [2.24, 2.45) is 0 Å². The van der Waals surface area contributed by atoms with E-state index in [1.54, 1.807) is 0 Å². The summed E-state index contributed by atoms with van der Waals surface area (Å²) in [4.78, 5) is 0. The average Bonchev–Trinajstić information content (AvgIpc) is 3.38. The van der Waals surface area contributed by atoms with Crippen LogP contribution in [0.5, 0.6) is 0 Å². The summed E-state index contributed by atoms with van der Waals surface area (Å²) in [6, 6.07) is 32.7. The minimum Gasteiger partial charge on any atom is -0.456 e. The predicted molar refractivity (Wildman–Crippen MR) is 159 cm³/mol. The highest BCUT2D eigenvalue weighted by atomic mass is 16.7. The van der Waals surface area contributed by atoms with Gasteiger partial charge in [-0.2, -0.15) is 0 Å². The smallest absolute Gasteiger partial charge is 0.456 e. The largest absolute Gasteiger partial charge is 0.494 e. The highest BCUT2D eigenvalue weighted by Gasteiger charge is 2.51. The van der Waals surface area contributed by atoms with E-state index in [0.29, 0.717) is 0 Å². The zero-order valence-electron chi connectivity index (χ0n) is 22.0. The molecule has 8 rings (SSSR count).